The fourth-order valence-electron chi connectivity index (χ4n) is 2.76. The summed E-state index contributed by atoms with van der Waals surface area (Å²) in [6, 6.07) is 14.7. The van der Waals surface area contributed by atoms with Gasteiger partial charge in [0.1, 0.15) is 0 Å². The lowest BCUT2D eigenvalue weighted by Crippen LogP contribution is -2.37. The number of phenolic OH excluding ortho intramolecular Hbond substituents is 1. The van der Waals surface area contributed by atoms with E-state index in [0.29, 0.717) is 23.4 Å². The molecule has 0 heterocycles. The molecule has 0 spiro atoms. The number of phenols is 1. The van der Waals surface area contributed by atoms with Crippen LogP contribution < -0.4 is 10.2 Å². The second-order valence-electron chi connectivity index (χ2n) is 6.98. The summed E-state index contributed by atoms with van der Waals surface area (Å²) in [5.41, 5.74) is 4.69. The molecule has 0 bridgehead atoms. The molecule has 0 aromatic heterocycles. The molecular formula is C22H27N5O3. The second-order valence-corrected chi connectivity index (χ2v) is 6.98. The molecule has 0 saturated carbocycles. The third-order valence-electron chi connectivity index (χ3n) is 4.46. The summed E-state index contributed by atoms with van der Waals surface area (Å²) in [5.74, 6) is 0.0708. The summed E-state index contributed by atoms with van der Waals surface area (Å²) >= 11 is 0. The standard InChI is InChI=1S/C22H27N5O3/c1-26(15-18-9-7-17(13-23)8-10-18)11-12-27(2)16-21(28)25-24-14-19-5-4-6-20(30-3)22(19)29/h4-10,14,29H,11-12,15-16H2,1-3H3,(H,25,28). The van der Waals surface area contributed by atoms with E-state index in [9.17, 15) is 9.90 Å². The highest BCUT2D eigenvalue weighted by Gasteiger charge is 2.08. The minimum Gasteiger partial charge on any atom is -0.504 e. The Hall–Kier alpha value is -3.41. The topological polar surface area (TPSA) is 101 Å². The van der Waals surface area contributed by atoms with Gasteiger partial charge in [0.15, 0.2) is 11.5 Å². The summed E-state index contributed by atoms with van der Waals surface area (Å²) in [6.07, 6.45) is 1.38. The van der Waals surface area contributed by atoms with Crippen molar-refractivity contribution in [3.63, 3.8) is 0 Å². The van der Waals surface area contributed by atoms with Crippen LogP contribution in [0.1, 0.15) is 16.7 Å². The zero-order valence-corrected chi connectivity index (χ0v) is 17.5. The molecule has 158 valence electrons. The van der Waals surface area contributed by atoms with Crippen molar-refractivity contribution in [1.29, 1.82) is 5.26 Å². The molecule has 1 amide bonds. The number of hydrogen-bond donors (Lipinski definition) is 2. The number of methoxy groups -OCH3 is 1. The van der Waals surface area contributed by atoms with Gasteiger partial charge in [-0.15, -0.1) is 0 Å². The van der Waals surface area contributed by atoms with Gasteiger partial charge >= 0.3 is 0 Å². The molecule has 0 aliphatic rings. The minimum absolute atomic E-state index is 0.0274. The molecule has 0 atom stereocenters. The maximum atomic E-state index is 12.1. The average molecular weight is 409 g/mol. The van der Waals surface area contributed by atoms with Crippen LogP contribution in [-0.2, 0) is 11.3 Å². The number of nitrogens with one attached hydrogen (secondary N) is 1. The van der Waals surface area contributed by atoms with Gasteiger partial charge in [0, 0.05) is 25.2 Å². The Kier molecular flexibility index (Phi) is 8.81. The molecule has 2 aromatic rings. The van der Waals surface area contributed by atoms with Gasteiger partial charge in [0.25, 0.3) is 5.91 Å². The zero-order valence-electron chi connectivity index (χ0n) is 17.5. The minimum atomic E-state index is -0.245. The first-order valence-corrected chi connectivity index (χ1v) is 9.47. The summed E-state index contributed by atoms with van der Waals surface area (Å²) in [4.78, 5) is 16.1. The van der Waals surface area contributed by atoms with E-state index in [4.69, 9.17) is 10.00 Å². The van der Waals surface area contributed by atoms with Gasteiger partial charge in [-0.25, -0.2) is 5.43 Å². The number of likely N-dealkylation sites (N-methyl/N-ethyl adjacent to an activating group) is 2. The molecule has 0 aliphatic carbocycles. The number of nitrogens with zero attached hydrogens (tertiary/aromatic N) is 4. The lowest BCUT2D eigenvalue weighted by molar-refractivity contribution is -0.121. The van der Waals surface area contributed by atoms with Gasteiger partial charge in [-0.3, -0.25) is 9.69 Å². The van der Waals surface area contributed by atoms with Crippen molar-refractivity contribution < 1.29 is 14.6 Å². The van der Waals surface area contributed by atoms with Gasteiger partial charge < -0.3 is 14.7 Å². The van der Waals surface area contributed by atoms with Gasteiger partial charge in [0.05, 0.1) is 31.5 Å². The van der Waals surface area contributed by atoms with Crippen molar-refractivity contribution in [3.05, 3.63) is 59.2 Å². The van der Waals surface area contributed by atoms with Crippen molar-refractivity contribution in [2.45, 2.75) is 6.54 Å². The molecule has 2 rings (SSSR count). The largest absolute Gasteiger partial charge is 0.504 e. The van der Waals surface area contributed by atoms with Crippen molar-refractivity contribution in [1.82, 2.24) is 15.2 Å². The highest BCUT2D eigenvalue weighted by Crippen LogP contribution is 2.27. The first kappa shape index (κ1) is 22.9. The van der Waals surface area contributed by atoms with E-state index in [1.807, 2.05) is 43.3 Å². The second kappa shape index (κ2) is 11.6. The molecule has 0 unspecified atom stereocenters. The van der Waals surface area contributed by atoms with Crippen molar-refractivity contribution in [2.75, 3.05) is 40.8 Å². The lowest BCUT2D eigenvalue weighted by atomic mass is 10.1. The first-order chi connectivity index (χ1) is 14.4. The summed E-state index contributed by atoms with van der Waals surface area (Å²) in [7, 11) is 5.35. The summed E-state index contributed by atoms with van der Waals surface area (Å²) in [5, 5.41) is 22.7. The smallest absolute Gasteiger partial charge is 0.254 e. The Morgan fingerprint density at radius 2 is 1.90 bits per heavy atom. The number of aromatic hydroxyl groups is 1. The first-order valence-electron chi connectivity index (χ1n) is 9.47. The highest BCUT2D eigenvalue weighted by atomic mass is 16.5. The highest BCUT2D eigenvalue weighted by molar-refractivity contribution is 5.86. The van der Waals surface area contributed by atoms with E-state index < -0.39 is 0 Å². The Balaban J connectivity index is 1.73. The third-order valence-corrected chi connectivity index (χ3v) is 4.46. The molecule has 30 heavy (non-hydrogen) atoms. The number of hydrogen-bond acceptors (Lipinski definition) is 7. The molecule has 0 saturated heterocycles. The zero-order chi connectivity index (χ0) is 21.9. The summed E-state index contributed by atoms with van der Waals surface area (Å²) < 4.78 is 5.04. The third kappa shape index (κ3) is 7.20. The van der Waals surface area contributed by atoms with Crippen LogP contribution in [0.25, 0.3) is 0 Å². The predicted molar refractivity (Wildman–Crippen MR) is 115 cm³/mol. The maximum absolute atomic E-state index is 12.1. The maximum Gasteiger partial charge on any atom is 0.254 e. The van der Waals surface area contributed by atoms with Crippen LogP contribution in [0.2, 0.25) is 0 Å². The SMILES string of the molecule is COc1cccc(C=NNC(=O)CN(C)CCN(C)Cc2ccc(C#N)cc2)c1O. The van der Waals surface area contributed by atoms with Crippen LogP contribution in [-0.4, -0.2) is 67.9 Å². The predicted octanol–water partition coefficient (Wildman–Crippen LogP) is 1.79. The fraction of sp³-hybridized carbons (Fsp3) is 0.318. The number of ether oxygens (including phenoxy) is 1. The Morgan fingerprint density at radius 1 is 1.20 bits per heavy atom. The number of carbonyl (C=O) groups is 1. The van der Waals surface area contributed by atoms with Crippen LogP contribution in [0.5, 0.6) is 11.5 Å². The van der Waals surface area contributed by atoms with E-state index >= 15 is 0 Å². The number of para-hydroxylation sites is 1. The number of rotatable bonds is 10. The van der Waals surface area contributed by atoms with E-state index in [1.165, 1.54) is 13.3 Å². The molecule has 8 nitrogen and oxygen atoms in total. The van der Waals surface area contributed by atoms with Gasteiger partial charge in [-0.05, 0) is 43.9 Å². The van der Waals surface area contributed by atoms with Crippen LogP contribution in [0.4, 0.5) is 0 Å². The monoisotopic (exact) mass is 409 g/mol. The average Bonchev–Trinajstić information content (AvgIpc) is 2.74. The number of amides is 1. The Bertz CT molecular complexity index is 906. The molecule has 0 aliphatic heterocycles. The molecule has 8 heteroatoms. The van der Waals surface area contributed by atoms with E-state index in [2.05, 4.69) is 21.5 Å². The quantitative estimate of drug-likeness (QED) is 0.458. The fourth-order valence-corrected chi connectivity index (χ4v) is 2.76. The lowest BCUT2D eigenvalue weighted by Gasteiger charge is -2.21. The van der Waals surface area contributed by atoms with Crippen molar-refractivity contribution in [3.8, 4) is 17.6 Å². The molecular weight excluding hydrogens is 382 g/mol. The molecule has 2 N–H and O–H groups in total. The Morgan fingerprint density at radius 3 is 2.57 bits per heavy atom. The molecule has 0 radical (unpaired) electrons. The van der Waals surface area contributed by atoms with Crippen LogP contribution in [0.3, 0.4) is 0 Å². The van der Waals surface area contributed by atoms with Gasteiger partial charge in [-0.2, -0.15) is 10.4 Å². The van der Waals surface area contributed by atoms with Gasteiger partial charge in [0.2, 0.25) is 0 Å². The van der Waals surface area contributed by atoms with E-state index in [0.717, 1.165) is 18.7 Å². The molecule has 0 fully saturated rings. The van der Waals surface area contributed by atoms with Gasteiger partial charge in [-0.1, -0.05) is 18.2 Å². The molecule has 2 aromatic carbocycles. The van der Waals surface area contributed by atoms with E-state index in [1.54, 1.807) is 18.2 Å². The normalized spacial score (nSPS) is 11.1. The number of nitriles is 1. The van der Waals surface area contributed by atoms with Crippen molar-refractivity contribution >= 4 is 12.1 Å². The van der Waals surface area contributed by atoms with Crippen LogP contribution in [0, 0.1) is 11.3 Å². The van der Waals surface area contributed by atoms with Crippen molar-refractivity contribution in [2.24, 2.45) is 5.10 Å². The van der Waals surface area contributed by atoms with E-state index in [-0.39, 0.29) is 18.2 Å². The van der Waals surface area contributed by atoms with Crippen LogP contribution >= 0.6 is 0 Å². The Labute approximate surface area is 177 Å². The summed E-state index contributed by atoms with van der Waals surface area (Å²) in [6.45, 7) is 2.46. The number of hydrazone groups is 1. The van der Waals surface area contributed by atoms with Crippen LogP contribution in [0.15, 0.2) is 47.6 Å². The number of benzene rings is 2. The number of carbonyl (C=O) groups excluding carboxylic acids is 1.